The van der Waals surface area contributed by atoms with E-state index in [1.165, 1.54) is 30.2 Å². The molecule has 0 aromatic carbocycles. The molecule has 164 valence electrons. The van der Waals surface area contributed by atoms with Gasteiger partial charge in [0, 0.05) is 18.8 Å². The number of hydrazone groups is 1. The summed E-state index contributed by atoms with van der Waals surface area (Å²) in [5.41, 5.74) is -5.42. The highest BCUT2D eigenvalue weighted by Gasteiger charge is 2.63. The lowest BCUT2D eigenvalue weighted by atomic mass is 10.0. The van der Waals surface area contributed by atoms with Crippen molar-refractivity contribution in [2.24, 2.45) is 12.1 Å². The summed E-state index contributed by atoms with van der Waals surface area (Å²) in [4.78, 5) is 7.37. The van der Waals surface area contributed by atoms with E-state index in [1.54, 1.807) is 11.4 Å². The number of alkyl halides is 6. The molecule has 0 spiro atoms. The molecule has 7 nitrogen and oxygen atoms in total. The van der Waals surface area contributed by atoms with E-state index in [0.29, 0.717) is 6.07 Å². The zero-order valence-corrected chi connectivity index (χ0v) is 16.3. The second kappa shape index (κ2) is 7.02. The predicted molar refractivity (Wildman–Crippen MR) is 98.2 cm³/mol. The predicted octanol–water partition coefficient (Wildman–Crippen LogP) is 3.82. The number of hydrogen-bond acceptors (Lipinski definition) is 7. The number of aromatic nitrogens is 4. The minimum atomic E-state index is -5.28. The highest BCUT2D eigenvalue weighted by Crippen LogP contribution is 2.44. The number of anilines is 1. The van der Waals surface area contributed by atoms with E-state index in [1.807, 2.05) is 0 Å². The average molecular weight is 462 g/mol. The van der Waals surface area contributed by atoms with Crippen LogP contribution >= 0.6 is 11.3 Å². The minimum Gasteiger partial charge on any atom is -0.362 e. The Balaban J connectivity index is 1.90. The number of aliphatic hydroxyl groups is 1. The normalized spacial score (nSPS) is 19.7. The molecular formula is C17H12F6N6OS. The van der Waals surface area contributed by atoms with E-state index in [4.69, 9.17) is 0 Å². The molecule has 1 N–H and O–H groups in total. The maximum absolute atomic E-state index is 13.8. The first-order valence-corrected chi connectivity index (χ1v) is 9.42. The summed E-state index contributed by atoms with van der Waals surface area (Å²) in [7, 11) is 1.52. The maximum Gasteiger partial charge on any atom is 0.438 e. The Kier molecular flexibility index (Phi) is 4.81. The average Bonchev–Trinajstić information content (AvgIpc) is 3.40. The Labute approximate surface area is 174 Å². The minimum absolute atomic E-state index is 0.0122. The summed E-state index contributed by atoms with van der Waals surface area (Å²) in [6.07, 6.45) is -8.70. The van der Waals surface area contributed by atoms with Crippen LogP contribution in [0, 0.1) is 0 Å². The lowest BCUT2D eigenvalue weighted by Gasteiger charge is -2.32. The van der Waals surface area contributed by atoms with Gasteiger partial charge in [-0.3, -0.25) is 4.68 Å². The first-order chi connectivity index (χ1) is 14.4. The standard InChI is InChI=1S/C17H12F6N6OS/c1-28-8-9(7-24-28)11-6-15(30,17(21,22)23)29(27-11)14-25-10(12-3-2-4-31-12)5-13(26-14)16(18,19)20/h2-5,7-8,30H,6H2,1H3. The van der Waals surface area contributed by atoms with E-state index >= 15 is 0 Å². The molecule has 0 amide bonds. The summed E-state index contributed by atoms with van der Waals surface area (Å²) >= 11 is 1.04. The van der Waals surface area contributed by atoms with Gasteiger partial charge in [-0.25, -0.2) is 9.97 Å². The smallest absolute Gasteiger partial charge is 0.362 e. The fourth-order valence-corrected chi connectivity index (χ4v) is 3.62. The van der Waals surface area contributed by atoms with Crippen LogP contribution in [-0.4, -0.2) is 42.5 Å². The van der Waals surface area contributed by atoms with Crippen LogP contribution in [0.15, 0.2) is 41.1 Å². The highest BCUT2D eigenvalue weighted by molar-refractivity contribution is 7.13. The third-order valence-electron chi connectivity index (χ3n) is 4.44. The fourth-order valence-electron chi connectivity index (χ4n) is 2.93. The van der Waals surface area contributed by atoms with Crippen molar-refractivity contribution < 1.29 is 31.4 Å². The van der Waals surface area contributed by atoms with E-state index < -0.39 is 36.1 Å². The molecule has 1 aliphatic heterocycles. The second-order valence-electron chi connectivity index (χ2n) is 6.67. The largest absolute Gasteiger partial charge is 0.438 e. The van der Waals surface area contributed by atoms with Gasteiger partial charge in [-0.2, -0.15) is 41.6 Å². The maximum atomic E-state index is 13.8. The molecule has 31 heavy (non-hydrogen) atoms. The van der Waals surface area contributed by atoms with Crippen molar-refractivity contribution in [2.45, 2.75) is 24.5 Å². The van der Waals surface area contributed by atoms with Gasteiger partial charge in [0.25, 0.3) is 5.72 Å². The van der Waals surface area contributed by atoms with Gasteiger partial charge in [-0.1, -0.05) is 6.07 Å². The van der Waals surface area contributed by atoms with Crippen molar-refractivity contribution in [3.8, 4) is 10.6 Å². The van der Waals surface area contributed by atoms with Gasteiger partial charge in [0.05, 0.1) is 28.9 Å². The van der Waals surface area contributed by atoms with Crippen LogP contribution in [0.5, 0.6) is 0 Å². The number of rotatable bonds is 3. The zero-order chi connectivity index (χ0) is 22.6. The monoisotopic (exact) mass is 462 g/mol. The van der Waals surface area contributed by atoms with Gasteiger partial charge < -0.3 is 5.11 Å². The second-order valence-corrected chi connectivity index (χ2v) is 7.61. The van der Waals surface area contributed by atoms with Crippen molar-refractivity contribution >= 4 is 23.0 Å². The Morgan fingerprint density at radius 2 is 1.90 bits per heavy atom. The number of halogens is 6. The SMILES string of the molecule is Cn1cc(C2=NN(c3nc(-c4cccs4)cc(C(F)(F)F)n3)C(O)(C(F)(F)F)C2)cn1. The molecule has 0 radical (unpaired) electrons. The lowest BCUT2D eigenvalue weighted by Crippen LogP contribution is -2.55. The van der Waals surface area contributed by atoms with Crippen molar-refractivity contribution in [2.75, 3.05) is 5.01 Å². The van der Waals surface area contributed by atoms with Crippen LogP contribution in [0.4, 0.5) is 32.3 Å². The summed E-state index contributed by atoms with van der Waals surface area (Å²) in [5, 5.41) is 19.6. The van der Waals surface area contributed by atoms with Crippen molar-refractivity contribution in [3.63, 3.8) is 0 Å². The van der Waals surface area contributed by atoms with Crippen LogP contribution in [-0.2, 0) is 13.2 Å². The van der Waals surface area contributed by atoms with Gasteiger partial charge in [-0.05, 0) is 17.5 Å². The van der Waals surface area contributed by atoms with Crippen molar-refractivity contribution in [1.29, 1.82) is 0 Å². The lowest BCUT2D eigenvalue weighted by molar-refractivity contribution is -0.254. The molecule has 4 heterocycles. The molecule has 3 aromatic heterocycles. The van der Waals surface area contributed by atoms with E-state index in [2.05, 4.69) is 20.2 Å². The molecule has 3 aromatic rings. The number of nitrogens with zero attached hydrogens (tertiary/aromatic N) is 6. The van der Waals surface area contributed by atoms with E-state index in [0.717, 1.165) is 11.3 Å². The summed E-state index contributed by atoms with van der Waals surface area (Å²) in [6, 6.07) is 3.64. The van der Waals surface area contributed by atoms with Gasteiger partial charge in [-0.15, -0.1) is 11.3 Å². The van der Waals surface area contributed by atoms with Gasteiger partial charge >= 0.3 is 12.4 Å². The highest BCUT2D eigenvalue weighted by atomic mass is 32.1. The van der Waals surface area contributed by atoms with E-state index in [9.17, 15) is 31.4 Å². The molecule has 14 heteroatoms. The number of aryl methyl sites for hydroxylation is 1. The molecule has 0 saturated heterocycles. The van der Waals surface area contributed by atoms with Gasteiger partial charge in [0.15, 0.2) is 5.69 Å². The van der Waals surface area contributed by atoms with Crippen LogP contribution in [0.25, 0.3) is 10.6 Å². The topological polar surface area (TPSA) is 79.4 Å². The molecule has 1 unspecified atom stereocenters. The van der Waals surface area contributed by atoms with Crippen molar-refractivity contribution in [3.05, 3.63) is 47.2 Å². The molecule has 0 saturated carbocycles. The number of hydrogen-bond donors (Lipinski definition) is 1. The first-order valence-electron chi connectivity index (χ1n) is 8.54. The summed E-state index contributed by atoms with van der Waals surface area (Å²) in [5.74, 6) is -1.03. The van der Waals surface area contributed by atoms with Crippen LogP contribution in [0.2, 0.25) is 0 Å². The van der Waals surface area contributed by atoms with E-state index in [-0.39, 0.29) is 26.9 Å². The molecule has 0 fully saturated rings. The molecule has 1 aliphatic rings. The molecular weight excluding hydrogens is 450 g/mol. The molecule has 1 atom stereocenters. The molecule has 0 bridgehead atoms. The first kappa shape index (κ1) is 21.2. The quantitative estimate of drug-likeness (QED) is 0.599. The molecule has 0 aliphatic carbocycles. The Bertz CT molecular complexity index is 1140. The zero-order valence-electron chi connectivity index (χ0n) is 15.5. The van der Waals surface area contributed by atoms with Crippen LogP contribution < -0.4 is 5.01 Å². The fraction of sp³-hybridized carbons (Fsp3) is 0.294. The summed E-state index contributed by atoms with van der Waals surface area (Å²) in [6.45, 7) is 0. The van der Waals surface area contributed by atoms with Gasteiger partial charge in [0.1, 0.15) is 0 Å². The van der Waals surface area contributed by atoms with Crippen molar-refractivity contribution in [1.82, 2.24) is 19.7 Å². The Morgan fingerprint density at radius 3 is 2.45 bits per heavy atom. The molecule has 4 rings (SSSR count). The van der Waals surface area contributed by atoms with Crippen LogP contribution in [0.1, 0.15) is 17.7 Å². The van der Waals surface area contributed by atoms with Gasteiger partial charge in [0.2, 0.25) is 5.95 Å². The Hall–Kier alpha value is -3.00. The third kappa shape index (κ3) is 3.76. The Morgan fingerprint density at radius 1 is 1.16 bits per heavy atom. The third-order valence-corrected chi connectivity index (χ3v) is 5.34. The summed E-state index contributed by atoms with van der Waals surface area (Å²) < 4.78 is 83.0. The number of thiophene rings is 1. The van der Waals surface area contributed by atoms with Crippen LogP contribution in [0.3, 0.4) is 0 Å².